The van der Waals surface area contributed by atoms with Crippen LogP contribution in [0.1, 0.15) is 73.6 Å². The highest BCUT2D eigenvalue weighted by molar-refractivity contribution is 7.19. The van der Waals surface area contributed by atoms with E-state index in [1.165, 1.54) is 17.8 Å². The lowest BCUT2D eigenvalue weighted by molar-refractivity contribution is 0.0612. The Kier molecular flexibility index (Phi) is 4.21. The van der Waals surface area contributed by atoms with Gasteiger partial charge in [-0.25, -0.2) is 0 Å². The summed E-state index contributed by atoms with van der Waals surface area (Å²) in [6.45, 7) is 9.27. The molecular weight excluding hydrogens is 296 g/mol. The predicted molar refractivity (Wildman–Crippen MR) is 88.7 cm³/mol. The van der Waals surface area contributed by atoms with E-state index in [4.69, 9.17) is 0 Å². The highest BCUT2D eigenvalue weighted by Gasteiger charge is 2.30. The van der Waals surface area contributed by atoms with E-state index in [1.54, 1.807) is 0 Å². The normalized spacial score (nSPS) is 19.3. The van der Waals surface area contributed by atoms with Crippen molar-refractivity contribution in [3.05, 3.63) is 16.4 Å². The minimum absolute atomic E-state index is 0.175. The fourth-order valence-electron chi connectivity index (χ4n) is 3.32. The Morgan fingerprint density at radius 2 is 2.14 bits per heavy atom. The summed E-state index contributed by atoms with van der Waals surface area (Å²) in [6.07, 6.45) is 4.51. The number of aryl methyl sites for hydroxylation is 1. The monoisotopic (exact) mass is 320 g/mol. The van der Waals surface area contributed by atoms with Crippen LogP contribution in [0.5, 0.6) is 0 Å². The molecule has 1 amide bonds. The molecule has 1 aliphatic rings. The van der Waals surface area contributed by atoms with Crippen LogP contribution in [-0.4, -0.2) is 38.0 Å². The number of likely N-dealkylation sites (tertiary alicyclic amines) is 1. The van der Waals surface area contributed by atoms with Crippen molar-refractivity contribution in [2.24, 2.45) is 0 Å². The van der Waals surface area contributed by atoms with Crippen LogP contribution in [0, 0.1) is 6.92 Å². The largest absolute Gasteiger partial charge is 0.335 e. The molecule has 120 valence electrons. The maximum absolute atomic E-state index is 13.0. The lowest BCUT2D eigenvalue weighted by Gasteiger charge is -2.35. The summed E-state index contributed by atoms with van der Waals surface area (Å²) in [5.74, 6) is 1.41. The van der Waals surface area contributed by atoms with Crippen LogP contribution in [0.15, 0.2) is 0 Å². The number of rotatable bonds is 3. The number of hydrogen-bond donors (Lipinski definition) is 0. The quantitative estimate of drug-likeness (QED) is 0.868. The highest BCUT2D eigenvalue weighted by atomic mass is 32.1. The first-order valence-corrected chi connectivity index (χ1v) is 9.01. The van der Waals surface area contributed by atoms with E-state index < -0.39 is 0 Å². The fraction of sp³-hybridized carbons (Fsp3) is 0.688. The molecular formula is C16H24N4OS. The van der Waals surface area contributed by atoms with Gasteiger partial charge >= 0.3 is 0 Å². The third-order valence-corrected chi connectivity index (χ3v) is 5.71. The van der Waals surface area contributed by atoms with Crippen LogP contribution >= 0.6 is 11.3 Å². The van der Waals surface area contributed by atoms with Crippen LogP contribution in [0.3, 0.4) is 0 Å². The average molecular weight is 320 g/mol. The van der Waals surface area contributed by atoms with Gasteiger partial charge in [0.25, 0.3) is 5.91 Å². The number of thiazole rings is 1. The summed E-state index contributed by atoms with van der Waals surface area (Å²) < 4.78 is 2.05. The summed E-state index contributed by atoms with van der Waals surface area (Å²) in [5, 5.41) is 8.51. The second kappa shape index (κ2) is 5.99. The van der Waals surface area contributed by atoms with Gasteiger partial charge in [-0.1, -0.05) is 32.1 Å². The first kappa shape index (κ1) is 15.5. The van der Waals surface area contributed by atoms with Crippen molar-refractivity contribution in [2.45, 2.75) is 65.3 Å². The molecule has 1 saturated heterocycles. The molecule has 1 aliphatic heterocycles. The Morgan fingerprint density at radius 1 is 1.36 bits per heavy atom. The molecule has 0 radical (unpaired) electrons. The lowest BCUT2D eigenvalue weighted by Crippen LogP contribution is -2.43. The molecule has 0 spiro atoms. The van der Waals surface area contributed by atoms with Crippen LogP contribution in [-0.2, 0) is 0 Å². The Hall–Kier alpha value is -1.43. The number of fused-ring (bicyclic) bond motifs is 1. The van der Waals surface area contributed by atoms with E-state index >= 15 is 0 Å². The number of hydrogen-bond acceptors (Lipinski definition) is 4. The van der Waals surface area contributed by atoms with Gasteiger partial charge < -0.3 is 4.90 Å². The summed E-state index contributed by atoms with van der Waals surface area (Å²) >= 11 is 1.47. The van der Waals surface area contributed by atoms with Crippen molar-refractivity contribution >= 4 is 22.2 Å². The van der Waals surface area contributed by atoms with Gasteiger partial charge in [0.15, 0.2) is 0 Å². The van der Waals surface area contributed by atoms with Crippen LogP contribution in [0.4, 0.5) is 0 Å². The Morgan fingerprint density at radius 3 is 2.82 bits per heavy atom. The fourth-order valence-corrected chi connectivity index (χ4v) is 4.35. The zero-order chi connectivity index (χ0) is 15.9. The molecule has 3 rings (SSSR count). The highest BCUT2D eigenvalue weighted by Crippen LogP contribution is 2.29. The summed E-state index contributed by atoms with van der Waals surface area (Å²) in [5.41, 5.74) is 0.985. The third-order valence-electron chi connectivity index (χ3n) is 4.59. The van der Waals surface area contributed by atoms with Crippen LogP contribution in [0.2, 0.25) is 0 Å². The van der Waals surface area contributed by atoms with Gasteiger partial charge in [-0.15, -0.1) is 10.2 Å². The molecule has 1 unspecified atom stereocenters. The molecule has 0 aromatic carbocycles. The average Bonchev–Trinajstić information content (AvgIpc) is 3.07. The number of nitrogens with zero attached hydrogens (tertiary/aromatic N) is 4. The van der Waals surface area contributed by atoms with Gasteiger partial charge in [-0.2, -0.15) is 0 Å². The van der Waals surface area contributed by atoms with E-state index in [0.29, 0.717) is 12.0 Å². The van der Waals surface area contributed by atoms with Gasteiger partial charge in [0.2, 0.25) is 4.96 Å². The van der Waals surface area contributed by atoms with Crippen LogP contribution in [0.25, 0.3) is 4.96 Å². The van der Waals surface area contributed by atoms with E-state index in [0.717, 1.165) is 47.2 Å². The zero-order valence-electron chi connectivity index (χ0n) is 13.8. The predicted octanol–water partition coefficient (Wildman–Crippen LogP) is 3.63. The SMILES string of the molecule is CCC1CCCCN1C(=O)c1sc2nnc(C(C)C)n2c1C. The van der Waals surface area contributed by atoms with Gasteiger partial charge in [0.1, 0.15) is 10.7 Å². The number of carbonyl (C=O) groups is 1. The topological polar surface area (TPSA) is 50.5 Å². The van der Waals surface area contributed by atoms with E-state index in [1.807, 2.05) is 11.3 Å². The molecule has 1 atom stereocenters. The summed E-state index contributed by atoms with van der Waals surface area (Å²) in [4.78, 5) is 16.7. The lowest BCUT2D eigenvalue weighted by atomic mass is 10.00. The van der Waals surface area contributed by atoms with Crippen molar-refractivity contribution in [1.29, 1.82) is 0 Å². The number of amides is 1. The molecule has 0 N–H and O–H groups in total. The second-order valence-electron chi connectivity index (χ2n) is 6.40. The number of carbonyl (C=O) groups excluding carboxylic acids is 1. The Balaban J connectivity index is 1.99. The van der Waals surface area contributed by atoms with Crippen molar-refractivity contribution in [3.8, 4) is 0 Å². The van der Waals surface area contributed by atoms with Gasteiger partial charge in [0.05, 0.1) is 0 Å². The van der Waals surface area contributed by atoms with E-state index in [2.05, 4.69) is 35.9 Å². The molecule has 3 heterocycles. The first-order chi connectivity index (χ1) is 10.5. The standard InChI is InChI=1S/C16H24N4OS/c1-5-12-8-6-7-9-19(12)15(21)13-11(4)20-14(10(2)3)17-18-16(20)22-13/h10,12H,5-9H2,1-4H3. The minimum atomic E-state index is 0.175. The van der Waals surface area contributed by atoms with Gasteiger partial charge in [0, 0.05) is 24.2 Å². The molecule has 22 heavy (non-hydrogen) atoms. The summed E-state index contributed by atoms with van der Waals surface area (Å²) in [7, 11) is 0. The first-order valence-electron chi connectivity index (χ1n) is 8.20. The maximum atomic E-state index is 13.0. The van der Waals surface area contributed by atoms with Gasteiger partial charge in [-0.3, -0.25) is 9.20 Å². The third kappa shape index (κ3) is 2.43. The molecule has 2 aromatic heterocycles. The van der Waals surface area contributed by atoms with E-state index in [9.17, 15) is 4.79 Å². The molecule has 6 heteroatoms. The number of aromatic nitrogens is 3. The molecule has 0 bridgehead atoms. The molecule has 5 nitrogen and oxygen atoms in total. The molecule has 0 saturated carbocycles. The Labute approximate surface area is 135 Å². The maximum Gasteiger partial charge on any atom is 0.266 e. The van der Waals surface area contributed by atoms with Gasteiger partial charge in [-0.05, 0) is 32.6 Å². The van der Waals surface area contributed by atoms with Crippen molar-refractivity contribution < 1.29 is 4.79 Å². The minimum Gasteiger partial charge on any atom is -0.335 e. The molecule has 1 fully saturated rings. The van der Waals surface area contributed by atoms with Crippen molar-refractivity contribution in [2.75, 3.05) is 6.54 Å². The second-order valence-corrected chi connectivity index (χ2v) is 7.38. The smallest absolute Gasteiger partial charge is 0.266 e. The number of piperidine rings is 1. The Bertz CT molecular complexity index is 688. The summed E-state index contributed by atoms with van der Waals surface area (Å²) in [6, 6.07) is 0.387. The zero-order valence-corrected chi connectivity index (χ0v) is 14.6. The van der Waals surface area contributed by atoms with E-state index in [-0.39, 0.29) is 5.91 Å². The van der Waals surface area contributed by atoms with Crippen molar-refractivity contribution in [1.82, 2.24) is 19.5 Å². The van der Waals surface area contributed by atoms with Crippen molar-refractivity contribution in [3.63, 3.8) is 0 Å². The molecule has 0 aliphatic carbocycles. The molecule has 2 aromatic rings. The van der Waals surface area contributed by atoms with Crippen LogP contribution < -0.4 is 0 Å².